The summed E-state index contributed by atoms with van der Waals surface area (Å²) >= 11 is 0. The van der Waals surface area contributed by atoms with Gasteiger partial charge >= 0.3 is 5.97 Å². The van der Waals surface area contributed by atoms with Crippen molar-refractivity contribution < 1.29 is 37.3 Å². The van der Waals surface area contributed by atoms with Crippen LogP contribution in [0, 0.1) is 0 Å². The first kappa shape index (κ1) is 69.0. The SMILES string of the molecule is CC/C=C/C=C/C=C/CCCCCCCCCC(=O)NC(COP(=O)([O-])OCC[N+](C)(C)C)C(/C=C/CCCCCCCCCCCCC)OC(=O)CCCCCCCCCCCCCCCCCCC. The van der Waals surface area contributed by atoms with E-state index in [0.717, 1.165) is 77.0 Å². The average Bonchev–Trinajstić information content (AvgIpc) is 3.33. The normalized spacial score (nSPS) is 14.1. The van der Waals surface area contributed by atoms with Crippen molar-refractivity contribution in [1.82, 2.24) is 5.32 Å². The summed E-state index contributed by atoms with van der Waals surface area (Å²) in [5.41, 5.74) is 0. The van der Waals surface area contributed by atoms with E-state index in [9.17, 15) is 19.0 Å². The molecule has 0 aromatic carbocycles. The first-order valence-electron chi connectivity index (χ1n) is 30.0. The Balaban J connectivity index is 5.32. The largest absolute Gasteiger partial charge is 0.756 e. The molecule has 416 valence electrons. The Hall–Kier alpha value is -2.03. The number of esters is 1. The van der Waals surface area contributed by atoms with Gasteiger partial charge in [0.15, 0.2) is 0 Å². The molecule has 0 fully saturated rings. The predicted molar refractivity (Wildman–Crippen MR) is 302 cm³/mol. The van der Waals surface area contributed by atoms with E-state index < -0.39 is 26.6 Å². The number of carbonyl (C=O) groups excluding carboxylic acids is 2. The summed E-state index contributed by atoms with van der Waals surface area (Å²) < 4.78 is 30.3. The van der Waals surface area contributed by atoms with E-state index in [1.54, 1.807) is 0 Å². The van der Waals surface area contributed by atoms with Crippen LogP contribution in [0.4, 0.5) is 0 Å². The van der Waals surface area contributed by atoms with Gasteiger partial charge in [0.25, 0.3) is 7.82 Å². The summed E-state index contributed by atoms with van der Waals surface area (Å²) in [6, 6.07) is -0.891. The molecular weight excluding hydrogens is 904 g/mol. The highest BCUT2D eigenvalue weighted by Crippen LogP contribution is 2.38. The van der Waals surface area contributed by atoms with Crippen molar-refractivity contribution in [1.29, 1.82) is 0 Å². The highest BCUT2D eigenvalue weighted by molar-refractivity contribution is 7.45. The second kappa shape index (κ2) is 51.5. The maximum absolute atomic E-state index is 13.5. The van der Waals surface area contributed by atoms with Crippen molar-refractivity contribution in [2.24, 2.45) is 0 Å². The van der Waals surface area contributed by atoms with Crippen LogP contribution >= 0.6 is 7.82 Å². The molecular formula is C61H115N2O7P. The topological polar surface area (TPSA) is 114 Å². The minimum Gasteiger partial charge on any atom is -0.756 e. The molecule has 0 rings (SSSR count). The fourth-order valence-corrected chi connectivity index (χ4v) is 9.42. The number of phosphoric ester groups is 1. The van der Waals surface area contributed by atoms with Crippen LogP contribution in [0.5, 0.6) is 0 Å². The first-order valence-corrected chi connectivity index (χ1v) is 31.4. The molecule has 0 saturated heterocycles. The van der Waals surface area contributed by atoms with E-state index in [1.807, 2.05) is 33.3 Å². The molecule has 9 nitrogen and oxygen atoms in total. The van der Waals surface area contributed by atoms with Crippen LogP contribution in [-0.2, 0) is 27.9 Å². The van der Waals surface area contributed by atoms with Crippen molar-refractivity contribution in [3.05, 3.63) is 48.6 Å². The van der Waals surface area contributed by atoms with Gasteiger partial charge in [-0.15, -0.1) is 0 Å². The zero-order valence-corrected chi connectivity index (χ0v) is 48.3. The standard InChI is InChI=1S/C61H115N2O7P/c1-7-10-13-16-19-22-25-28-30-31-33-36-39-42-45-48-51-54-61(65)70-59(52-49-46-43-40-37-34-27-24-21-18-15-12-9-3)58(57-69-71(66,67)68-56-55-63(4,5)6)62-60(64)53-50-47-44-41-38-35-32-29-26-23-20-17-14-11-8-2/h11,14,17,20,23,26,49,52,58-59H,7-10,12-13,15-16,18-19,21-22,24-25,27-48,50-51,53-57H2,1-6H3,(H-,62,64,66,67)/b14-11+,20-17+,26-23+,52-49+. The van der Waals surface area contributed by atoms with E-state index in [4.69, 9.17) is 13.8 Å². The lowest BCUT2D eigenvalue weighted by Gasteiger charge is -2.30. The van der Waals surface area contributed by atoms with Gasteiger partial charge in [0.1, 0.15) is 19.3 Å². The molecule has 1 N–H and O–H groups in total. The molecule has 3 unspecified atom stereocenters. The number of rotatable bonds is 54. The lowest BCUT2D eigenvalue weighted by molar-refractivity contribution is -0.870. The minimum absolute atomic E-state index is 0.0240. The van der Waals surface area contributed by atoms with Gasteiger partial charge < -0.3 is 28.5 Å². The predicted octanol–water partition coefficient (Wildman–Crippen LogP) is 17.5. The molecule has 0 aromatic heterocycles. The number of carbonyl (C=O) groups is 2. The molecule has 0 aliphatic rings. The molecule has 0 aromatic rings. The highest BCUT2D eigenvalue weighted by atomic mass is 31.2. The van der Waals surface area contributed by atoms with Crippen LogP contribution in [0.15, 0.2) is 48.6 Å². The molecule has 3 atom stereocenters. The van der Waals surface area contributed by atoms with Crippen molar-refractivity contribution in [3.8, 4) is 0 Å². The van der Waals surface area contributed by atoms with Crippen molar-refractivity contribution in [3.63, 3.8) is 0 Å². The zero-order chi connectivity index (χ0) is 52.2. The van der Waals surface area contributed by atoms with Gasteiger partial charge in [-0.1, -0.05) is 262 Å². The molecule has 1 amide bonds. The number of phosphoric acid groups is 1. The number of nitrogens with one attached hydrogen (secondary N) is 1. The lowest BCUT2D eigenvalue weighted by atomic mass is 10.0. The third-order valence-electron chi connectivity index (χ3n) is 13.3. The van der Waals surface area contributed by atoms with E-state index in [1.165, 1.54) is 167 Å². The van der Waals surface area contributed by atoms with Crippen LogP contribution in [0.2, 0.25) is 0 Å². The highest BCUT2D eigenvalue weighted by Gasteiger charge is 2.27. The van der Waals surface area contributed by atoms with E-state index in [0.29, 0.717) is 17.4 Å². The van der Waals surface area contributed by atoms with E-state index in [2.05, 4.69) is 62.5 Å². The third kappa shape index (κ3) is 52.6. The van der Waals surface area contributed by atoms with Gasteiger partial charge in [0.2, 0.25) is 5.91 Å². The van der Waals surface area contributed by atoms with E-state index >= 15 is 0 Å². The van der Waals surface area contributed by atoms with Crippen LogP contribution in [0.1, 0.15) is 278 Å². The fraction of sp³-hybridized carbons (Fsp3) is 0.836. The lowest BCUT2D eigenvalue weighted by Crippen LogP contribution is -2.47. The zero-order valence-electron chi connectivity index (χ0n) is 47.4. The number of hydrogen-bond donors (Lipinski definition) is 1. The van der Waals surface area contributed by atoms with Gasteiger partial charge in [-0.3, -0.25) is 14.2 Å². The number of ether oxygens (including phenoxy) is 1. The molecule has 0 heterocycles. The van der Waals surface area contributed by atoms with Crippen molar-refractivity contribution >= 4 is 19.7 Å². The Kier molecular flexibility index (Phi) is 50.0. The molecule has 10 heteroatoms. The summed E-state index contributed by atoms with van der Waals surface area (Å²) in [6.07, 6.45) is 62.1. The smallest absolute Gasteiger partial charge is 0.306 e. The van der Waals surface area contributed by atoms with Crippen LogP contribution in [0.25, 0.3) is 0 Å². The molecule has 0 radical (unpaired) electrons. The number of allylic oxidation sites excluding steroid dienone is 7. The number of hydrogen-bond acceptors (Lipinski definition) is 7. The quantitative estimate of drug-likeness (QED) is 0.0161. The van der Waals surface area contributed by atoms with Crippen LogP contribution in [0.3, 0.4) is 0 Å². The van der Waals surface area contributed by atoms with Gasteiger partial charge in [-0.2, -0.15) is 0 Å². The first-order chi connectivity index (χ1) is 34.4. The number of likely N-dealkylation sites (N-methyl/N-ethyl adjacent to an activating group) is 1. The van der Waals surface area contributed by atoms with Crippen LogP contribution < -0.4 is 10.2 Å². The van der Waals surface area contributed by atoms with Crippen LogP contribution in [-0.4, -0.2) is 69.4 Å². The van der Waals surface area contributed by atoms with E-state index in [-0.39, 0.29) is 24.9 Å². The monoisotopic (exact) mass is 1020 g/mol. The maximum atomic E-state index is 13.5. The maximum Gasteiger partial charge on any atom is 0.306 e. The third-order valence-corrected chi connectivity index (χ3v) is 14.3. The van der Waals surface area contributed by atoms with Gasteiger partial charge in [-0.05, 0) is 51.0 Å². The van der Waals surface area contributed by atoms with Gasteiger partial charge in [-0.25, -0.2) is 0 Å². The molecule has 0 aliphatic heterocycles. The summed E-state index contributed by atoms with van der Waals surface area (Å²) in [6.45, 7) is 6.73. The second-order valence-corrected chi connectivity index (χ2v) is 23.0. The molecule has 0 aliphatic carbocycles. The summed E-state index contributed by atoms with van der Waals surface area (Å²) in [5.74, 6) is -0.545. The summed E-state index contributed by atoms with van der Waals surface area (Å²) in [7, 11) is 1.18. The van der Waals surface area contributed by atoms with Crippen molar-refractivity contribution in [2.45, 2.75) is 290 Å². The molecule has 0 saturated carbocycles. The number of amides is 1. The summed E-state index contributed by atoms with van der Waals surface area (Å²) in [4.78, 5) is 39.9. The Morgan fingerprint density at radius 2 is 0.901 bits per heavy atom. The molecule has 0 spiro atoms. The summed E-state index contributed by atoms with van der Waals surface area (Å²) in [5, 5.41) is 3.02. The number of quaternary nitrogens is 1. The Labute approximate surface area is 439 Å². The molecule has 0 bridgehead atoms. The fourth-order valence-electron chi connectivity index (χ4n) is 8.70. The average molecular weight is 1020 g/mol. The number of unbranched alkanes of at least 4 members (excludes halogenated alkanes) is 34. The number of nitrogens with zero attached hydrogens (tertiary/aromatic N) is 1. The molecule has 71 heavy (non-hydrogen) atoms. The minimum atomic E-state index is -4.70. The Morgan fingerprint density at radius 1 is 0.507 bits per heavy atom. The second-order valence-electron chi connectivity index (χ2n) is 21.5. The Bertz CT molecular complexity index is 1360. The van der Waals surface area contributed by atoms with Crippen molar-refractivity contribution in [2.75, 3.05) is 40.9 Å². The van der Waals surface area contributed by atoms with Gasteiger partial charge in [0.05, 0.1) is 33.8 Å². The Morgan fingerprint density at radius 3 is 1.34 bits per heavy atom. The van der Waals surface area contributed by atoms with Gasteiger partial charge in [0, 0.05) is 12.8 Å².